The molecule has 1 atom stereocenters. The van der Waals surface area contributed by atoms with Crippen molar-refractivity contribution < 1.29 is 18.3 Å². The SMILES string of the molecule is C=CCn1c(C)cc(C(=O)CSc2nnc(C(C)Oc3ccc(F)cc3)o2)c1C. The zero-order valence-corrected chi connectivity index (χ0v) is 17.3. The van der Waals surface area contributed by atoms with Gasteiger partial charge in [-0.25, -0.2) is 4.39 Å². The molecule has 29 heavy (non-hydrogen) atoms. The summed E-state index contributed by atoms with van der Waals surface area (Å²) in [7, 11) is 0. The molecule has 3 rings (SSSR count). The summed E-state index contributed by atoms with van der Waals surface area (Å²) in [6, 6.07) is 7.57. The minimum atomic E-state index is -0.504. The van der Waals surface area contributed by atoms with Crippen LogP contribution in [0.2, 0.25) is 0 Å². The molecule has 1 unspecified atom stereocenters. The second-order valence-corrected chi connectivity index (χ2v) is 7.44. The van der Waals surface area contributed by atoms with Crippen molar-refractivity contribution in [3.8, 4) is 5.75 Å². The van der Waals surface area contributed by atoms with Crippen LogP contribution in [0.25, 0.3) is 0 Å². The monoisotopic (exact) mass is 415 g/mol. The lowest BCUT2D eigenvalue weighted by Crippen LogP contribution is -2.06. The average molecular weight is 415 g/mol. The Bertz CT molecular complexity index is 1010. The number of allylic oxidation sites excluding steroid dienone is 1. The third kappa shape index (κ3) is 4.95. The first kappa shape index (κ1) is 20.9. The molecule has 1 aromatic carbocycles. The molecule has 2 heterocycles. The van der Waals surface area contributed by atoms with E-state index in [1.54, 1.807) is 13.0 Å². The third-order valence-corrected chi connectivity index (χ3v) is 5.23. The van der Waals surface area contributed by atoms with Gasteiger partial charge in [-0.05, 0) is 51.1 Å². The van der Waals surface area contributed by atoms with E-state index < -0.39 is 6.10 Å². The van der Waals surface area contributed by atoms with Crippen molar-refractivity contribution >= 4 is 17.5 Å². The van der Waals surface area contributed by atoms with Crippen LogP contribution in [0.1, 0.15) is 40.7 Å². The first-order valence-electron chi connectivity index (χ1n) is 9.08. The van der Waals surface area contributed by atoms with Crippen molar-refractivity contribution in [1.82, 2.24) is 14.8 Å². The standard InChI is InChI=1S/C21H22FN3O3S/c1-5-10-25-13(2)11-18(14(25)3)19(26)12-29-21-24-23-20(28-21)15(4)27-17-8-6-16(22)7-9-17/h5-9,11,15H,1,10,12H2,2-4H3. The number of nitrogens with zero attached hydrogens (tertiary/aromatic N) is 3. The first-order chi connectivity index (χ1) is 13.9. The lowest BCUT2D eigenvalue weighted by atomic mass is 10.2. The molecule has 0 aliphatic rings. The predicted molar refractivity (Wildman–Crippen MR) is 109 cm³/mol. The molecule has 0 radical (unpaired) electrons. The summed E-state index contributed by atoms with van der Waals surface area (Å²) in [5.74, 6) is 0.628. The molecule has 0 spiro atoms. The second kappa shape index (κ2) is 9.09. The minimum Gasteiger partial charge on any atom is -0.481 e. The normalized spacial score (nSPS) is 12.0. The number of rotatable bonds is 9. The summed E-state index contributed by atoms with van der Waals surface area (Å²) >= 11 is 1.18. The van der Waals surface area contributed by atoms with E-state index in [-0.39, 0.29) is 23.2 Å². The lowest BCUT2D eigenvalue weighted by Gasteiger charge is -2.10. The summed E-state index contributed by atoms with van der Waals surface area (Å²) in [6.45, 7) is 10.1. The highest BCUT2D eigenvalue weighted by atomic mass is 32.2. The quantitative estimate of drug-likeness (QED) is 0.280. The van der Waals surface area contributed by atoms with Gasteiger partial charge in [0.1, 0.15) is 11.6 Å². The van der Waals surface area contributed by atoms with Crippen LogP contribution >= 0.6 is 11.8 Å². The molecule has 0 bridgehead atoms. The second-order valence-electron chi connectivity index (χ2n) is 6.52. The van der Waals surface area contributed by atoms with Gasteiger partial charge in [0.15, 0.2) is 11.9 Å². The van der Waals surface area contributed by atoms with E-state index >= 15 is 0 Å². The number of ketones is 1. The lowest BCUT2D eigenvalue weighted by molar-refractivity contribution is 0.102. The van der Waals surface area contributed by atoms with Crippen molar-refractivity contribution in [3.05, 3.63) is 71.6 Å². The van der Waals surface area contributed by atoms with Gasteiger partial charge in [-0.3, -0.25) is 4.79 Å². The molecule has 0 N–H and O–H groups in total. The number of aryl methyl sites for hydroxylation is 1. The van der Waals surface area contributed by atoms with Gasteiger partial charge in [0.25, 0.3) is 11.1 Å². The van der Waals surface area contributed by atoms with Gasteiger partial charge in [-0.2, -0.15) is 0 Å². The van der Waals surface area contributed by atoms with Gasteiger partial charge in [-0.1, -0.05) is 17.8 Å². The van der Waals surface area contributed by atoms with Gasteiger partial charge in [0, 0.05) is 23.5 Å². The fraction of sp³-hybridized carbons (Fsp3) is 0.286. The average Bonchev–Trinajstić information content (AvgIpc) is 3.28. The van der Waals surface area contributed by atoms with Crippen LogP contribution in [0.15, 0.2) is 52.6 Å². The Morgan fingerprint density at radius 3 is 2.76 bits per heavy atom. The Balaban J connectivity index is 1.60. The van der Waals surface area contributed by atoms with E-state index in [2.05, 4.69) is 16.8 Å². The molecule has 0 saturated heterocycles. The number of hydrogen-bond acceptors (Lipinski definition) is 6. The maximum absolute atomic E-state index is 13.0. The van der Waals surface area contributed by atoms with E-state index in [4.69, 9.17) is 9.15 Å². The van der Waals surface area contributed by atoms with Crippen LogP contribution in [0.4, 0.5) is 4.39 Å². The molecule has 0 fully saturated rings. The topological polar surface area (TPSA) is 70.2 Å². The summed E-state index contributed by atoms with van der Waals surface area (Å²) in [5.41, 5.74) is 2.62. The smallest absolute Gasteiger partial charge is 0.277 e. The molecule has 3 aromatic rings. The van der Waals surface area contributed by atoms with E-state index in [0.29, 0.717) is 23.1 Å². The molecule has 8 heteroatoms. The van der Waals surface area contributed by atoms with Gasteiger partial charge in [0.05, 0.1) is 5.75 Å². The van der Waals surface area contributed by atoms with Crippen LogP contribution in [0.3, 0.4) is 0 Å². The van der Waals surface area contributed by atoms with Crippen molar-refractivity contribution in [2.45, 2.75) is 38.6 Å². The number of hydrogen-bond donors (Lipinski definition) is 0. The number of carbonyl (C=O) groups is 1. The van der Waals surface area contributed by atoms with Crippen molar-refractivity contribution in [2.24, 2.45) is 0 Å². The van der Waals surface area contributed by atoms with E-state index in [9.17, 15) is 9.18 Å². The molecular weight excluding hydrogens is 393 g/mol. The molecule has 2 aromatic heterocycles. The highest BCUT2D eigenvalue weighted by molar-refractivity contribution is 7.99. The summed E-state index contributed by atoms with van der Waals surface area (Å²) in [5, 5.41) is 8.24. The van der Waals surface area contributed by atoms with Crippen molar-refractivity contribution in [3.63, 3.8) is 0 Å². The molecule has 6 nitrogen and oxygen atoms in total. The fourth-order valence-corrected chi connectivity index (χ4v) is 3.56. The maximum atomic E-state index is 13.0. The van der Waals surface area contributed by atoms with Gasteiger partial charge >= 0.3 is 0 Å². The minimum absolute atomic E-state index is 0.00577. The van der Waals surface area contributed by atoms with Gasteiger partial charge in [-0.15, -0.1) is 16.8 Å². The number of carbonyl (C=O) groups excluding carboxylic acids is 1. The first-order valence-corrected chi connectivity index (χ1v) is 10.1. The number of thioether (sulfide) groups is 1. The molecule has 0 saturated carbocycles. The van der Waals surface area contributed by atoms with Crippen molar-refractivity contribution in [2.75, 3.05) is 5.75 Å². The Morgan fingerprint density at radius 1 is 1.34 bits per heavy atom. The van der Waals surface area contributed by atoms with Gasteiger partial charge < -0.3 is 13.7 Å². The molecule has 0 aliphatic carbocycles. The zero-order chi connectivity index (χ0) is 21.0. The Morgan fingerprint density at radius 2 is 2.07 bits per heavy atom. The highest BCUT2D eigenvalue weighted by Gasteiger charge is 2.19. The van der Waals surface area contributed by atoms with Crippen LogP contribution in [-0.2, 0) is 6.54 Å². The van der Waals surface area contributed by atoms with E-state index in [1.807, 2.05) is 24.5 Å². The van der Waals surface area contributed by atoms with Crippen molar-refractivity contribution in [1.29, 1.82) is 0 Å². The van der Waals surface area contributed by atoms with Gasteiger partial charge in [0.2, 0.25) is 0 Å². The van der Waals surface area contributed by atoms with Crippen LogP contribution in [0, 0.1) is 19.7 Å². The predicted octanol–water partition coefficient (Wildman–Crippen LogP) is 4.93. The Labute approximate surface area is 172 Å². The number of Topliss-reactive ketones (excluding diaryl/α,β-unsaturated/α-hetero) is 1. The zero-order valence-electron chi connectivity index (χ0n) is 16.5. The van der Waals surface area contributed by atoms with E-state index in [0.717, 1.165) is 11.4 Å². The Hall–Kier alpha value is -2.87. The maximum Gasteiger partial charge on any atom is 0.277 e. The largest absolute Gasteiger partial charge is 0.481 e. The summed E-state index contributed by atoms with van der Waals surface area (Å²) in [4.78, 5) is 12.6. The Kier molecular flexibility index (Phi) is 6.53. The molecule has 152 valence electrons. The number of ether oxygens (including phenoxy) is 1. The fourth-order valence-electron chi connectivity index (χ4n) is 2.91. The highest BCUT2D eigenvalue weighted by Crippen LogP contribution is 2.25. The summed E-state index contributed by atoms with van der Waals surface area (Å²) in [6.07, 6.45) is 1.30. The molecule has 0 aliphatic heterocycles. The number of benzene rings is 1. The van der Waals surface area contributed by atoms with Crippen LogP contribution in [-0.4, -0.2) is 26.3 Å². The number of halogens is 1. The van der Waals surface area contributed by atoms with Crippen LogP contribution in [0.5, 0.6) is 5.75 Å². The molecule has 0 amide bonds. The number of aromatic nitrogens is 3. The molecular formula is C21H22FN3O3S. The van der Waals surface area contributed by atoms with Crippen LogP contribution < -0.4 is 4.74 Å². The summed E-state index contributed by atoms with van der Waals surface area (Å²) < 4.78 is 26.3. The third-order valence-electron chi connectivity index (χ3n) is 4.41. The van der Waals surface area contributed by atoms with E-state index in [1.165, 1.54) is 36.0 Å².